The van der Waals surface area contributed by atoms with E-state index in [1.807, 2.05) is 18.2 Å². The average molecular weight is 460 g/mol. The molecule has 32 heavy (non-hydrogen) atoms. The number of para-hydroxylation sites is 1. The third-order valence-corrected chi connectivity index (χ3v) is 13.3. The van der Waals surface area contributed by atoms with E-state index in [2.05, 4.69) is 51.4 Å². The van der Waals surface area contributed by atoms with Gasteiger partial charge in [0.2, 0.25) is 8.32 Å². The van der Waals surface area contributed by atoms with Crippen molar-refractivity contribution in [2.24, 2.45) is 0 Å². The van der Waals surface area contributed by atoms with Crippen LogP contribution < -0.4 is 5.56 Å². The summed E-state index contributed by atoms with van der Waals surface area (Å²) in [7, 11) is -1.92. The van der Waals surface area contributed by atoms with E-state index in [0.29, 0.717) is 34.1 Å². The van der Waals surface area contributed by atoms with Crippen molar-refractivity contribution < 1.29 is 9.53 Å². The molecule has 1 aromatic carbocycles. The highest BCUT2D eigenvalue weighted by Crippen LogP contribution is 2.43. The summed E-state index contributed by atoms with van der Waals surface area (Å²) in [4.78, 5) is 19.4. The molecule has 1 fully saturated rings. The van der Waals surface area contributed by atoms with E-state index < -0.39 is 14.4 Å². The van der Waals surface area contributed by atoms with E-state index in [4.69, 9.17) is 4.43 Å². The van der Waals surface area contributed by atoms with E-state index in [0.717, 1.165) is 25.9 Å². The Kier molecular flexibility index (Phi) is 8.30. The topological polar surface area (TPSA) is 67.6 Å². The Labute approximate surface area is 193 Å². The number of aromatic nitrogens is 2. The molecule has 2 heterocycles. The third-order valence-electron chi connectivity index (χ3n) is 7.15. The van der Waals surface area contributed by atoms with Crippen LogP contribution in [-0.2, 0) is 11.0 Å². The molecule has 2 atom stereocenters. The maximum absolute atomic E-state index is 12.7. The van der Waals surface area contributed by atoms with Crippen LogP contribution in [0.5, 0.6) is 0 Å². The first-order valence-electron chi connectivity index (χ1n) is 12.2. The molecule has 0 radical (unpaired) electrons. The summed E-state index contributed by atoms with van der Waals surface area (Å²) in [6, 6.07) is 7.34. The lowest BCUT2D eigenvalue weighted by molar-refractivity contribution is 0.0375. The van der Waals surface area contributed by atoms with Crippen molar-refractivity contribution in [1.82, 2.24) is 14.5 Å². The molecule has 1 aliphatic rings. The number of aliphatic hydroxyl groups excluding tert-OH is 1. The van der Waals surface area contributed by atoms with Crippen LogP contribution in [0, 0.1) is 0 Å². The van der Waals surface area contributed by atoms with Gasteiger partial charge in [-0.3, -0.25) is 14.3 Å². The van der Waals surface area contributed by atoms with Gasteiger partial charge in [-0.15, -0.1) is 0 Å². The van der Waals surface area contributed by atoms with Gasteiger partial charge in [0, 0.05) is 13.1 Å². The summed E-state index contributed by atoms with van der Waals surface area (Å²) in [5.74, 6) is 0. The molecule has 0 amide bonds. The van der Waals surface area contributed by atoms with Crippen LogP contribution in [-0.4, -0.2) is 59.7 Å². The fraction of sp³-hybridized carbons (Fsp3) is 0.680. The Morgan fingerprint density at radius 2 is 1.75 bits per heavy atom. The molecule has 2 aromatic rings. The number of hydrogen-bond acceptors (Lipinski definition) is 5. The van der Waals surface area contributed by atoms with Crippen molar-refractivity contribution in [1.29, 1.82) is 0 Å². The highest BCUT2D eigenvalue weighted by Gasteiger charge is 2.47. The quantitative estimate of drug-likeness (QED) is 0.563. The molecule has 1 saturated heterocycles. The molecule has 0 bridgehead atoms. The Morgan fingerprint density at radius 1 is 1.09 bits per heavy atom. The molecule has 2 unspecified atom stereocenters. The number of nitrogens with zero attached hydrogens (tertiary/aromatic N) is 3. The van der Waals surface area contributed by atoms with Crippen molar-refractivity contribution in [3.05, 3.63) is 40.9 Å². The van der Waals surface area contributed by atoms with Crippen molar-refractivity contribution >= 4 is 19.2 Å². The van der Waals surface area contributed by atoms with Gasteiger partial charge in [-0.2, -0.15) is 0 Å². The number of rotatable bonds is 9. The number of piperidine rings is 1. The summed E-state index contributed by atoms with van der Waals surface area (Å²) in [5.41, 5.74) is 2.28. The number of β-amino-alcohol motifs (C(OH)–C–C–N with tert-alkyl or cyclic N) is 1. The normalized spacial score (nSPS) is 19.4. The molecular formula is C25H41N3O3Si. The largest absolute Gasteiger partial charge is 0.412 e. The van der Waals surface area contributed by atoms with Gasteiger partial charge in [0.1, 0.15) is 0 Å². The van der Waals surface area contributed by atoms with Crippen LogP contribution in [0.25, 0.3) is 10.9 Å². The lowest BCUT2D eigenvalue weighted by atomic mass is 10.1. The predicted octanol–water partition coefficient (Wildman–Crippen LogP) is 4.41. The molecule has 1 aromatic heterocycles. The first-order chi connectivity index (χ1) is 15.1. The molecule has 6 nitrogen and oxygen atoms in total. The lowest BCUT2D eigenvalue weighted by Crippen LogP contribution is -2.54. The molecule has 1 N–H and O–H groups in total. The molecule has 1 aliphatic heterocycles. The van der Waals surface area contributed by atoms with Crippen LogP contribution in [0.3, 0.4) is 0 Å². The highest BCUT2D eigenvalue weighted by molar-refractivity contribution is 6.77. The van der Waals surface area contributed by atoms with Crippen LogP contribution >= 0.6 is 0 Å². The molecule has 7 heteroatoms. The van der Waals surface area contributed by atoms with Gasteiger partial charge < -0.3 is 9.53 Å². The molecule has 0 spiro atoms. The lowest BCUT2D eigenvalue weighted by Gasteiger charge is -2.46. The summed E-state index contributed by atoms with van der Waals surface area (Å²) >= 11 is 0. The monoisotopic (exact) mass is 459 g/mol. The molecule has 0 aliphatic carbocycles. The fourth-order valence-corrected chi connectivity index (χ4v) is 11.4. The van der Waals surface area contributed by atoms with Crippen LogP contribution in [0.4, 0.5) is 0 Å². The second kappa shape index (κ2) is 10.6. The Morgan fingerprint density at radius 3 is 2.41 bits per heavy atom. The maximum atomic E-state index is 12.7. The minimum absolute atomic E-state index is 0.101. The van der Waals surface area contributed by atoms with E-state index in [1.165, 1.54) is 4.57 Å². The SMILES string of the molecule is CC(C)[Si](OC1CCCN(CC(O)Cn2cnc3ccccc3c2=O)C1)(C(C)C)C(C)C. The second-order valence-electron chi connectivity index (χ2n) is 10.3. The number of hydrogen-bond donors (Lipinski definition) is 1. The second-order valence-corrected chi connectivity index (χ2v) is 15.7. The zero-order chi connectivity index (χ0) is 23.5. The minimum atomic E-state index is -1.92. The van der Waals surface area contributed by atoms with Gasteiger partial charge in [-0.05, 0) is 48.1 Å². The van der Waals surface area contributed by atoms with E-state index in [1.54, 1.807) is 12.4 Å². The van der Waals surface area contributed by atoms with Gasteiger partial charge in [-0.25, -0.2) is 4.98 Å². The smallest absolute Gasteiger partial charge is 0.261 e. The zero-order valence-corrected chi connectivity index (χ0v) is 21.6. The van der Waals surface area contributed by atoms with Gasteiger partial charge >= 0.3 is 0 Å². The Balaban J connectivity index is 1.64. The summed E-state index contributed by atoms with van der Waals surface area (Å²) in [5, 5.41) is 11.4. The van der Waals surface area contributed by atoms with E-state index in [9.17, 15) is 9.90 Å². The van der Waals surface area contributed by atoms with Crippen molar-refractivity contribution in [2.75, 3.05) is 19.6 Å². The Hall–Kier alpha value is -1.54. The van der Waals surface area contributed by atoms with Crippen LogP contribution in [0.2, 0.25) is 16.6 Å². The van der Waals surface area contributed by atoms with Crippen molar-refractivity contribution in [3.8, 4) is 0 Å². The van der Waals surface area contributed by atoms with Crippen LogP contribution in [0.15, 0.2) is 35.4 Å². The third kappa shape index (κ3) is 5.33. The molecule has 178 valence electrons. The molecular weight excluding hydrogens is 418 g/mol. The molecule has 3 rings (SSSR count). The zero-order valence-electron chi connectivity index (χ0n) is 20.6. The predicted molar refractivity (Wildman–Crippen MR) is 134 cm³/mol. The van der Waals surface area contributed by atoms with Crippen LogP contribution in [0.1, 0.15) is 54.4 Å². The number of fused-ring (bicyclic) bond motifs is 1. The van der Waals surface area contributed by atoms with E-state index >= 15 is 0 Å². The summed E-state index contributed by atoms with van der Waals surface area (Å²) in [6.07, 6.45) is 3.30. The van der Waals surface area contributed by atoms with Gasteiger partial charge in [0.15, 0.2) is 0 Å². The van der Waals surface area contributed by atoms with Gasteiger partial charge in [0.05, 0.1) is 36.0 Å². The summed E-state index contributed by atoms with van der Waals surface area (Å²) in [6.45, 7) is 16.6. The first-order valence-corrected chi connectivity index (χ1v) is 14.3. The first kappa shape index (κ1) is 25.1. The van der Waals surface area contributed by atoms with Gasteiger partial charge in [0.25, 0.3) is 5.56 Å². The van der Waals surface area contributed by atoms with E-state index in [-0.39, 0.29) is 18.2 Å². The maximum Gasteiger partial charge on any atom is 0.261 e. The number of benzene rings is 1. The number of likely N-dealkylation sites (tertiary alicyclic amines) is 1. The fourth-order valence-electron chi connectivity index (χ4n) is 5.79. The standard InChI is InChI=1S/C25H41N3O3Si/c1-18(2)32(19(3)4,20(5)6)31-22-10-9-13-27(16-22)14-21(29)15-28-17-26-24-12-8-7-11-23(24)25(28)30/h7-8,11-12,17-22,29H,9-10,13-16H2,1-6H3. The number of aliphatic hydroxyl groups is 1. The summed E-state index contributed by atoms with van der Waals surface area (Å²) < 4.78 is 8.54. The van der Waals surface area contributed by atoms with Crippen molar-refractivity contribution in [3.63, 3.8) is 0 Å². The van der Waals surface area contributed by atoms with Crippen molar-refractivity contribution in [2.45, 2.75) is 89.8 Å². The minimum Gasteiger partial charge on any atom is -0.412 e. The highest BCUT2D eigenvalue weighted by atomic mass is 28.4. The average Bonchev–Trinajstić information content (AvgIpc) is 2.73. The molecule has 0 saturated carbocycles. The Bertz CT molecular complexity index is 922. The van der Waals surface area contributed by atoms with Gasteiger partial charge in [-0.1, -0.05) is 53.7 Å².